The Labute approximate surface area is 147 Å². The molecule has 132 valence electrons. The molecule has 1 aliphatic carbocycles. The van der Waals surface area contributed by atoms with Crippen LogP contribution in [0.25, 0.3) is 0 Å². The number of nitrogens with zero attached hydrogens (tertiary/aromatic N) is 1. The lowest BCUT2D eigenvalue weighted by Crippen LogP contribution is -2.46. The summed E-state index contributed by atoms with van der Waals surface area (Å²) >= 11 is 1.68. The van der Waals surface area contributed by atoms with Gasteiger partial charge in [-0.05, 0) is 30.5 Å². The minimum absolute atomic E-state index is 0.0437. The van der Waals surface area contributed by atoms with Gasteiger partial charge in [-0.25, -0.2) is 4.98 Å². The van der Waals surface area contributed by atoms with Crippen molar-refractivity contribution >= 4 is 19.7 Å². The number of hydrogen-bond acceptors (Lipinski definition) is 4. The smallest absolute Gasteiger partial charge is 0.193 e. The van der Waals surface area contributed by atoms with Gasteiger partial charge in [0.2, 0.25) is 0 Å². The first-order chi connectivity index (χ1) is 10.7. The van der Waals surface area contributed by atoms with Crippen molar-refractivity contribution in [2.75, 3.05) is 0 Å². The van der Waals surface area contributed by atoms with E-state index < -0.39 is 8.32 Å². The molecule has 5 heteroatoms. The summed E-state index contributed by atoms with van der Waals surface area (Å²) in [4.78, 5) is 4.53. The SMILES string of the molecule is CC(C)(C)[Si](C)(C)O[C@H](c1nccs1)[C@H](N)CC1CCCCC1. The molecule has 1 saturated carbocycles. The highest BCUT2D eigenvalue weighted by Crippen LogP contribution is 2.41. The van der Waals surface area contributed by atoms with Crippen LogP contribution in [0, 0.1) is 5.92 Å². The van der Waals surface area contributed by atoms with Crippen LogP contribution in [0.15, 0.2) is 11.6 Å². The molecule has 1 aliphatic rings. The highest BCUT2D eigenvalue weighted by atomic mass is 32.1. The minimum Gasteiger partial charge on any atom is -0.406 e. The van der Waals surface area contributed by atoms with Gasteiger partial charge in [0.15, 0.2) is 8.32 Å². The maximum absolute atomic E-state index is 6.71. The van der Waals surface area contributed by atoms with Gasteiger partial charge < -0.3 is 10.2 Å². The number of aromatic nitrogens is 1. The van der Waals surface area contributed by atoms with E-state index >= 15 is 0 Å². The molecule has 1 heterocycles. The van der Waals surface area contributed by atoms with Crippen LogP contribution in [0.2, 0.25) is 18.1 Å². The Balaban J connectivity index is 2.11. The minimum atomic E-state index is -1.87. The Bertz CT molecular complexity index is 464. The number of rotatable bonds is 6. The van der Waals surface area contributed by atoms with Gasteiger partial charge in [-0.2, -0.15) is 0 Å². The number of hydrogen-bond donors (Lipinski definition) is 1. The summed E-state index contributed by atoms with van der Waals surface area (Å²) in [5.74, 6) is 0.768. The molecular formula is C18H34N2OSSi. The van der Waals surface area contributed by atoms with Crippen molar-refractivity contribution in [3.8, 4) is 0 Å². The summed E-state index contributed by atoms with van der Waals surface area (Å²) in [5, 5.41) is 3.27. The highest BCUT2D eigenvalue weighted by Gasteiger charge is 2.41. The predicted octanol–water partition coefficient (Wildman–Crippen LogP) is 5.50. The highest BCUT2D eigenvalue weighted by molar-refractivity contribution is 7.09. The first kappa shape index (κ1) is 19.1. The Morgan fingerprint density at radius 1 is 1.30 bits per heavy atom. The molecule has 3 nitrogen and oxygen atoms in total. The average molecular weight is 355 g/mol. The van der Waals surface area contributed by atoms with Crippen LogP contribution in [0.3, 0.4) is 0 Å². The van der Waals surface area contributed by atoms with Crippen LogP contribution < -0.4 is 5.73 Å². The van der Waals surface area contributed by atoms with Gasteiger partial charge in [-0.1, -0.05) is 52.9 Å². The third-order valence-corrected chi connectivity index (χ3v) is 10.9. The monoisotopic (exact) mass is 354 g/mol. The van der Waals surface area contributed by atoms with Crippen molar-refractivity contribution in [2.24, 2.45) is 11.7 Å². The topological polar surface area (TPSA) is 48.1 Å². The van der Waals surface area contributed by atoms with Crippen LogP contribution in [-0.4, -0.2) is 19.3 Å². The molecule has 2 N–H and O–H groups in total. The summed E-state index contributed by atoms with van der Waals surface area (Å²) in [6, 6.07) is 0.0541. The van der Waals surface area contributed by atoms with E-state index in [1.165, 1.54) is 32.1 Å². The van der Waals surface area contributed by atoms with E-state index in [4.69, 9.17) is 10.2 Å². The van der Waals surface area contributed by atoms with Gasteiger partial charge in [-0.15, -0.1) is 11.3 Å². The maximum Gasteiger partial charge on any atom is 0.193 e. The van der Waals surface area contributed by atoms with Gasteiger partial charge >= 0.3 is 0 Å². The second kappa shape index (κ2) is 7.77. The quantitative estimate of drug-likeness (QED) is 0.686. The Morgan fingerprint density at radius 3 is 2.48 bits per heavy atom. The summed E-state index contributed by atoms with van der Waals surface area (Å²) in [6.07, 6.45) is 9.68. The Morgan fingerprint density at radius 2 is 1.96 bits per heavy atom. The lowest BCUT2D eigenvalue weighted by atomic mass is 9.84. The molecule has 23 heavy (non-hydrogen) atoms. The van der Waals surface area contributed by atoms with Crippen LogP contribution in [0.5, 0.6) is 0 Å². The molecule has 1 aromatic heterocycles. The van der Waals surface area contributed by atoms with Gasteiger partial charge in [0.05, 0.1) is 0 Å². The molecule has 0 spiro atoms. The van der Waals surface area contributed by atoms with E-state index in [1.807, 2.05) is 11.6 Å². The molecule has 2 atom stereocenters. The molecule has 0 radical (unpaired) electrons. The molecule has 0 saturated heterocycles. The molecule has 0 bridgehead atoms. The van der Waals surface area contributed by atoms with E-state index in [9.17, 15) is 0 Å². The van der Waals surface area contributed by atoms with Gasteiger partial charge in [-0.3, -0.25) is 0 Å². The fraction of sp³-hybridized carbons (Fsp3) is 0.833. The third kappa shape index (κ3) is 5.12. The van der Waals surface area contributed by atoms with E-state index in [-0.39, 0.29) is 17.2 Å². The lowest BCUT2D eigenvalue weighted by Gasteiger charge is -2.40. The molecule has 1 fully saturated rings. The first-order valence-corrected chi connectivity index (χ1v) is 12.8. The van der Waals surface area contributed by atoms with Crippen molar-refractivity contribution in [1.29, 1.82) is 0 Å². The van der Waals surface area contributed by atoms with Crippen molar-refractivity contribution < 1.29 is 4.43 Å². The van der Waals surface area contributed by atoms with Gasteiger partial charge in [0, 0.05) is 17.6 Å². The standard InChI is InChI=1S/C18H34N2OSSi/c1-18(2,3)23(4,5)21-16(17-20-11-12-22-17)15(19)13-14-9-7-6-8-10-14/h11-12,14-16H,6-10,13,19H2,1-5H3/t15-,16+/m1/s1. The van der Waals surface area contributed by atoms with Crippen molar-refractivity contribution in [2.45, 2.75) is 89.6 Å². The summed E-state index contributed by atoms with van der Waals surface area (Å²) in [6.45, 7) is 11.5. The van der Waals surface area contributed by atoms with E-state index in [1.54, 1.807) is 11.3 Å². The van der Waals surface area contributed by atoms with E-state index in [0.29, 0.717) is 0 Å². The average Bonchev–Trinajstić information content (AvgIpc) is 2.98. The molecule has 2 rings (SSSR count). The summed E-state index contributed by atoms with van der Waals surface area (Å²) in [7, 11) is -1.87. The Hall–Kier alpha value is -0.233. The first-order valence-electron chi connectivity index (χ1n) is 9.03. The second-order valence-corrected chi connectivity index (χ2v) is 14.3. The fourth-order valence-corrected chi connectivity index (χ4v) is 5.22. The molecular weight excluding hydrogens is 320 g/mol. The predicted molar refractivity (Wildman–Crippen MR) is 102 cm³/mol. The third-order valence-electron chi connectivity index (χ3n) is 5.64. The van der Waals surface area contributed by atoms with Crippen molar-refractivity contribution in [1.82, 2.24) is 4.98 Å². The molecule has 0 unspecified atom stereocenters. The largest absolute Gasteiger partial charge is 0.406 e. The lowest BCUT2D eigenvalue weighted by molar-refractivity contribution is 0.135. The van der Waals surface area contributed by atoms with Crippen LogP contribution in [-0.2, 0) is 4.43 Å². The van der Waals surface area contributed by atoms with Crippen LogP contribution >= 0.6 is 11.3 Å². The molecule has 0 amide bonds. The van der Waals surface area contributed by atoms with Crippen molar-refractivity contribution in [3.63, 3.8) is 0 Å². The zero-order valence-electron chi connectivity index (χ0n) is 15.5. The van der Waals surface area contributed by atoms with Crippen LogP contribution in [0.1, 0.15) is 70.4 Å². The maximum atomic E-state index is 6.71. The number of nitrogens with two attached hydrogens (primary N) is 1. The summed E-state index contributed by atoms with van der Waals surface area (Å²) in [5.41, 5.74) is 6.65. The van der Waals surface area contributed by atoms with Gasteiger partial charge in [0.25, 0.3) is 0 Å². The van der Waals surface area contributed by atoms with Gasteiger partial charge in [0.1, 0.15) is 11.1 Å². The Kier molecular flexibility index (Phi) is 6.45. The second-order valence-electron chi connectivity index (χ2n) is 8.57. The fourth-order valence-electron chi connectivity index (χ4n) is 3.12. The number of thiazole rings is 1. The normalized spacial score (nSPS) is 20.4. The molecule has 1 aromatic rings. The zero-order chi connectivity index (χ0) is 17.1. The van der Waals surface area contributed by atoms with E-state index in [2.05, 4.69) is 38.8 Å². The molecule has 0 aliphatic heterocycles. The van der Waals surface area contributed by atoms with Crippen LogP contribution in [0.4, 0.5) is 0 Å². The van der Waals surface area contributed by atoms with E-state index in [0.717, 1.165) is 17.3 Å². The summed E-state index contributed by atoms with van der Waals surface area (Å²) < 4.78 is 6.71. The van der Waals surface area contributed by atoms with Crippen molar-refractivity contribution in [3.05, 3.63) is 16.6 Å². The zero-order valence-corrected chi connectivity index (χ0v) is 17.3. The molecule has 0 aromatic carbocycles.